The molecular weight excluding hydrogens is 795 g/mol. The van der Waals surface area contributed by atoms with Crippen molar-refractivity contribution < 1.29 is 23.9 Å². The van der Waals surface area contributed by atoms with E-state index in [1.807, 2.05) is 66.7 Å². The van der Waals surface area contributed by atoms with E-state index >= 15 is 0 Å². The van der Waals surface area contributed by atoms with Gasteiger partial charge in [0, 0.05) is 25.5 Å². The quantitative estimate of drug-likeness (QED) is 0.0694. The third kappa shape index (κ3) is 10.0. The molecule has 0 saturated heterocycles. The number of amides is 3. The third-order valence-electron chi connectivity index (χ3n) is 9.49. The van der Waals surface area contributed by atoms with E-state index in [-0.39, 0.29) is 17.0 Å². The molecule has 0 bridgehead atoms. The molecule has 8 nitrogen and oxygen atoms in total. The largest absolute Gasteiger partial charge is 0.465 e. The van der Waals surface area contributed by atoms with Crippen molar-refractivity contribution in [3.05, 3.63) is 152 Å². The van der Waals surface area contributed by atoms with Crippen molar-refractivity contribution >= 4 is 79.5 Å². The first-order valence-corrected chi connectivity index (χ1v) is 20.4. The number of halogens is 1. The van der Waals surface area contributed by atoms with Crippen LogP contribution in [0, 0.1) is 11.3 Å². The number of hydrogen-bond acceptors (Lipinski definition) is 7. The molecule has 0 radical (unpaired) electrons. The molecule has 11 heteroatoms. The molecule has 0 spiro atoms. The van der Waals surface area contributed by atoms with Crippen molar-refractivity contribution in [1.29, 1.82) is 0 Å². The molecule has 1 heterocycles. The van der Waals surface area contributed by atoms with Gasteiger partial charge in [-0.05, 0) is 95.8 Å². The minimum absolute atomic E-state index is 0.0559. The topological polar surface area (TPSA) is 114 Å². The van der Waals surface area contributed by atoms with Gasteiger partial charge in [0.2, 0.25) is 5.91 Å². The lowest BCUT2D eigenvalue weighted by molar-refractivity contribution is -0.116. The van der Waals surface area contributed by atoms with E-state index in [0.29, 0.717) is 33.3 Å². The van der Waals surface area contributed by atoms with Crippen LogP contribution in [-0.4, -0.2) is 30.8 Å². The normalized spacial score (nSPS) is 14.6. The number of carbonyl (C=O) groups is 4. The van der Waals surface area contributed by atoms with Crippen LogP contribution in [0.3, 0.4) is 0 Å². The van der Waals surface area contributed by atoms with Gasteiger partial charge < -0.3 is 20.7 Å². The number of hydrogen-bond donors (Lipinski definition) is 3. The molecule has 4 aromatic carbocycles. The standard InChI is InChI=1S/C44H42BrN3O5S2/c1-44(2,3)30-21-22-34-36(25-30)55-42(37(34)43(52)53-4)48-41(51)38(28-14-7-5-8-15-28)54-33-20-12-19-32(26-33)46-40(50)35(24-27-13-11-18-31(45)23-27)47-39(49)29-16-9-6-10-17-29/h5-20,23-24,26,30,38H,21-22,25H2,1-4H3,(H,46,50)(H,47,49)(H,48,51)/b35-24+. The minimum atomic E-state index is -0.698. The summed E-state index contributed by atoms with van der Waals surface area (Å²) >= 11 is 6.26. The molecule has 3 amide bonds. The zero-order valence-electron chi connectivity index (χ0n) is 31.0. The molecule has 282 valence electrons. The van der Waals surface area contributed by atoms with Gasteiger partial charge in [0.15, 0.2) is 0 Å². The van der Waals surface area contributed by atoms with E-state index in [9.17, 15) is 19.2 Å². The van der Waals surface area contributed by atoms with E-state index in [4.69, 9.17) is 4.74 Å². The molecule has 5 aromatic rings. The van der Waals surface area contributed by atoms with Crippen LogP contribution >= 0.6 is 39.0 Å². The number of ether oxygens (including phenoxy) is 1. The van der Waals surface area contributed by atoms with Gasteiger partial charge in [-0.25, -0.2) is 4.79 Å². The number of thioether (sulfide) groups is 1. The van der Waals surface area contributed by atoms with Gasteiger partial charge in [0.1, 0.15) is 15.9 Å². The van der Waals surface area contributed by atoms with Crippen LogP contribution in [0.25, 0.3) is 6.08 Å². The van der Waals surface area contributed by atoms with Crippen LogP contribution in [0.1, 0.15) is 74.7 Å². The summed E-state index contributed by atoms with van der Waals surface area (Å²) in [4.78, 5) is 56.2. The maximum Gasteiger partial charge on any atom is 0.341 e. The average molecular weight is 837 g/mol. The highest BCUT2D eigenvalue weighted by Crippen LogP contribution is 2.45. The number of methoxy groups -OCH3 is 1. The summed E-state index contributed by atoms with van der Waals surface area (Å²) in [5, 5.41) is 8.62. The van der Waals surface area contributed by atoms with Crippen molar-refractivity contribution in [2.45, 2.75) is 50.2 Å². The Morgan fingerprint density at radius 1 is 0.891 bits per heavy atom. The van der Waals surface area contributed by atoms with Crippen LogP contribution in [0.2, 0.25) is 0 Å². The van der Waals surface area contributed by atoms with Crippen molar-refractivity contribution in [2.75, 3.05) is 17.7 Å². The molecule has 0 aliphatic heterocycles. The molecule has 6 rings (SSSR count). The van der Waals surface area contributed by atoms with Gasteiger partial charge in [0.25, 0.3) is 11.8 Å². The molecule has 2 atom stereocenters. The van der Waals surface area contributed by atoms with Gasteiger partial charge in [-0.1, -0.05) is 103 Å². The van der Waals surface area contributed by atoms with Crippen molar-refractivity contribution in [1.82, 2.24) is 5.32 Å². The number of rotatable bonds is 11. The van der Waals surface area contributed by atoms with Crippen LogP contribution < -0.4 is 16.0 Å². The highest BCUT2D eigenvalue weighted by atomic mass is 79.9. The van der Waals surface area contributed by atoms with Crippen molar-refractivity contribution in [3.63, 3.8) is 0 Å². The Labute approximate surface area is 338 Å². The van der Waals surface area contributed by atoms with Crippen LogP contribution in [-0.2, 0) is 27.2 Å². The van der Waals surface area contributed by atoms with Crippen LogP contribution in [0.15, 0.2) is 124 Å². The fourth-order valence-corrected chi connectivity index (χ4v) is 9.32. The van der Waals surface area contributed by atoms with Crippen molar-refractivity contribution in [2.24, 2.45) is 11.3 Å². The first-order valence-electron chi connectivity index (χ1n) is 17.9. The molecule has 1 aliphatic rings. The van der Waals surface area contributed by atoms with E-state index < -0.39 is 23.0 Å². The lowest BCUT2D eigenvalue weighted by atomic mass is 9.72. The maximum atomic E-state index is 14.3. The van der Waals surface area contributed by atoms with Crippen LogP contribution in [0.4, 0.5) is 10.7 Å². The molecule has 1 aromatic heterocycles. The number of esters is 1. The fourth-order valence-electron chi connectivity index (χ4n) is 6.50. The Morgan fingerprint density at radius 2 is 1.60 bits per heavy atom. The van der Waals surface area contributed by atoms with E-state index in [0.717, 1.165) is 44.6 Å². The third-order valence-corrected chi connectivity index (χ3v) is 12.4. The Bertz CT molecular complexity index is 2230. The average Bonchev–Trinajstić information content (AvgIpc) is 3.54. The summed E-state index contributed by atoms with van der Waals surface area (Å²) in [6.07, 6.45) is 4.16. The zero-order valence-corrected chi connectivity index (χ0v) is 34.2. The van der Waals surface area contributed by atoms with Gasteiger partial charge in [0.05, 0.1) is 12.7 Å². The maximum absolute atomic E-state index is 14.3. The summed E-state index contributed by atoms with van der Waals surface area (Å²) in [6, 6.07) is 32.7. The van der Waals surface area contributed by atoms with E-state index in [2.05, 4.69) is 52.7 Å². The smallest absolute Gasteiger partial charge is 0.341 e. The van der Waals surface area contributed by atoms with Gasteiger partial charge in [-0.15, -0.1) is 23.1 Å². The predicted molar refractivity (Wildman–Crippen MR) is 225 cm³/mol. The van der Waals surface area contributed by atoms with E-state index in [1.165, 1.54) is 30.2 Å². The molecule has 0 fully saturated rings. The van der Waals surface area contributed by atoms with Gasteiger partial charge >= 0.3 is 5.97 Å². The lowest BCUT2D eigenvalue weighted by Crippen LogP contribution is -2.30. The number of anilines is 2. The highest BCUT2D eigenvalue weighted by molar-refractivity contribution is 9.10. The van der Waals surface area contributed by atoms with Gasteiger partial charge in [-0.3, -0.25) is 14.4 Å². The Balaban J connectivity index is 1.25. The molecule has 2 unspecified atom stereocenters. The van der Waals surface area contributed by atoms with Crippen molar-refractivity contribution in [3.8, 4) is 0 Å². The fraction of sp³-hybridized carbons (Fsp3) is 0.227. The first-order chi connectivity index (χ1) is 26.4. The summed E-state index contributed by atoms with van der Waals surface area (Å²) in [5.74, 6) is -1.23. The molecule has 0 saturated carbocycles. The van der Waals surface area contributed by atoms with E-state index in [1.54, 1.807) is 48.5 Å². The molecule has 3 N–H and O–H groups in total. The number of thiophene rings is 1. The second-order valence-electron chi connectivity index (χ2n) is 14.3. The van der Waals surface area contributed by atoms with Gasteiger partial charge in [-0.2, -0.15) is 0 Å². The highest BCUT2D eigenvalue weighted by Gasteiger charge is 2.35. The van der Waals surface area contributed by atoms with Crippen LogP contribution in [0.5, 0.6) is 0 Å². The first kappa shape index (κ1) is 39.7. The zero-order chi connectivity index (χ0) is 39.1. The summed E-state index contributed by atoms with van der Waals surface area (Å²) < 4.78 is 6.03. The summed E-state index contributed by atoms with van der Waals surface area (Å²) in [5.41, 5.74) is 3.95. The second-order valence-corrected chi connectivity index (χ2v) is 17.5. The number of fused-ring (bicyclic) bond motifs is 1. The molecular formula is C44H42BrN3O5S2. The number of benzene rings is 4. The predicted octanol–water partition coefficient (Wildman–Crippen LogP) is 10.3. The monoisotopic (exact) mass is 835 g/mol. The second kappa shape index (κ2) is 17.7. The Hall–Kier alpha value is -4.97. The minimum Gasteiger partial charge on any atom is -0.465 e. The SMILES string of the molecule is COC(=O)c1c(NC(=O)C(Sc2cccc(NC(=O)/C(=C\c3cccc(Br)c3)NC(=O)c3ccccc3)c2)c2ccccc2)sc2c1CCC(C(C)(C)C)C2. The summed E-state index contributed by atoms with van der Waals surface area (Å²) in [7, 11) is 1.36. The summed E-state index contributed by atoms with van der Waals surface area (Å²) in [6.45, 7) is 6.73. The Morgan fingerprint density at radius 3 is 2.29 bits per heavy atom. The Kier molecular flexibility index (Phi) is 12.8. The lowest BCUT2D eigenvalue weighted by Gasteiger charge is -2.33. The number of nitrogens with one attached hydrogen (secondary N) is 3. The number of carbonyl (C=O) groups excluding carboxylic acids is 4. The molecule has 55 heavy (non-hydrogen) atoms. The molecule has 1 aliphatic carbocycles.